The number of benzene rings is 1. The zero-order valence-electron chi connectivity index (χ0n) is 12.3. The van der Waals surface area contributed by atoms with Gasteiger partial charge in [-0.3, -0.25) is 14.2 Å². The van der Waals surface area contributed by atoms with Gasteiger partial charge in [0.05, 0.1) is 0 Å². The van der Waals surface area contributed by atoms with Crippen LogP contribution in [0.25, 0.3) is 0 Å². The molecule has 1 aliphatic carbocycles. The third-order valence-corrected chi connectivity index (χ3v) is 4.70. The summed E-state index contributed by atoms with van der Waals surface area (Å²) in [5, 5.41) is 1.75. The van der Waals surface area contributed by atoms with E-state index in [1.54, 1.807) is 16.3 Å². The molecular formula is C16H17FN2O2S. The van der Waals surface area contributed by atoms with E-state index in [9.17, 15) is 14.0 Å². The predicted molar refractivity (Wildman–Crippen MR) is 83.3 cm³/mol. The van der Waals surface area contributed by atoms with E-state index < -0.39 is 0 Å². The van der Waals surface area contributed by atoms with E-state index in [-0.39, 0.29) is 29.2 Å². The molecule has 0 spiro atoms. The monoisotopic (exact) mass is 320 g/mol. The number of aryl methyl sites for hydroxylation is 1. The largest absolute Gasteiger partial charge is 0.334 e. The predicted octanol–water partition coefficient (Wildman–Crippen LogP) is 2.55. The number of carbonyl (C=O) groups is 1. The highest BCUT2D eigenvalue weighted by Gasteiger charge is 2.32. The second kappa shape index (κ2) is 6.04. The summed E-state index contributed by atoms with van der Waals surface area (Å²) in [7, 11) is 0. The fraction of sp³-hybridized carbons (Fsp3) is 0.375. The Balaban J connectivity index is 1.76. The third kappa shape index (κ3) is 3.27. The second-order valence-corrected chi connectivity index (χ2v) is 6.43. The molecule has 1 aliphatic rings. The molecule has 22 heavy (non-hydrogen) atoms. The lowest BCUT2D eigenvalue weighted by molar-refractivity contribution is -0.133. The van der Waals surface area contributed by atoms with Gasteiger partial charge in [0.1, 0.15) is 12.4 Å². The quantitative estimate of drug-likeness (QED) is 0.850. The van der Waals surface area contributed by atoms with Crippen molar-refractivity contribution in [3.63, 3.8) is 0 Å². The molecule has 0 saturated heterocycles. The average molecular weight is 320 g/mol. The Hall–Kier alpha value is -1.95. The standard InChI is InChI=1S/C16H17FN2O2S/c1-11-10-22-16(21)18(11)9-15(20)19(14-5-6-14)8-12-3-2-4-13(17)7-12/h2-4,7,10,14H,5-6,8-9H2,1H3. The number of rotatable bonds is 5. The summed E-state index contributed by atoms with van der Waals surface area (Å²) in [4.78, 5) is 26.0. The molecule has 1 aromatic heterocycles. The average Bonchev–Trinajstić information content (AvgIpc) is 3.27. The van der Waals surface area contributed by atoms with Crippen LogP contribution in [0.5, 0.6) is 0 Å². The van der Waals surface area contributed by atoms with Crippen molar-refractivity contribution in [2.75, 3.05) is 0 Å². The zero-order chi connectivity index (χ0) is 15.7. The minimum absolute atomic E-state index is 0.0555. The van der Waals surface area contributed by atoms with Crippen LogP contribution in [0.2, 0.25) is 0 Å². The van der Waals surface area contributed by atoms with E-state index in [0.717, 1.165) is 35.4 Å². The number of hydrogen-bond acceptors (Lipinski definition) is 3. The first-order chi connectivity index (χ1) is 10.5. The number of thiazole rings is 1. The molecule has 0 radical (unpaired) electrons. The molecule has 0 N–H and O–H groups in total. The second-order valence-electron chi connectivity index (χ2n) is 5.61. The lowest BCUT2D eigenvalue weighted by Crippen LogP contribution is -2.37. The number of hydrogen-bond donors (Lipinski definition) is 0. The lowest BCUT2D eigenvalue weighted by Gasteiger charge is -2.23. The minimum atomic E-state index is -0.300. The molecule has 1 fully saturated rings. The molecule has 6 heteroatoms. The topological polar surface area (TPSA) is 42.3 Å². The molecule has 0 unspecified atom stereocenters. The third-order valence-electron chi connectivity index (χ3n) is 3.82. The lowest BCUT2D eigenvalue weighted by atomic mass is 10.2. The Morgan fingerprint density at radius 3 is 2.82 bits per heavy atom. The maximum atomic E-state index is 13.3. The Morgan fingerprint density at radius 2 is 2.23 bits per heavy atom. The fourth-order valence-electron chi connectivity index (χ4n) is 2.46. The summed E-state index contributed by atoms with van der Waals surface area (Å²) in [5.74, 6) is -0.388. The maximum Gasteiger partial charge on any atom is 0.307 e. The van der Waals surface area contributed by atoms with E-state index in [2.05, 4.69) is 0 Å². The Labute approximate surface area is 131 Å². The zero-order valence-corrected chi connectivity index (χ0v) is 13.1. The van der Waals surface area contributed by atoms with Gasteiger partial charge in [0.25, 0.3) is 0 Å². The first-order valence-corrected chi connectivity index (χ1v) is 8.11. The normalized spacial score (nSPS) is 14.1. The van der Waals surface area contributed by atoms with Crippen molar-refractivity contribution in [2.24, 2.45) is 0 Å². The number of halogens is 1. The minimum Gasteiger partial charge on any atom is -0.334 e. The van der Waals surface area contributed by atoms with Crippen molar-refractivity contribution in [3.05, 3.63) is 56.4 Å². The van der Waals surface area contributed by atoms with Gasteiger partial charge in [-0.05, 0) is 37.5 Å². The molecule has 1 heterocycles. The summed E-state index contributed by atoms with van der Waals surface area (Å²) < 4.78 is 14.8. The summed E-state index contributed by atoms with van der Waals surface area (Å²) in [6, 6.07) is 6.51. The van der Waals surface area contributed by atoms with Gasteiger partial charge in [-0.25, -0.2) is 4.39 Å². The van der Waals surface area contributed by atoms with Crippen LogP contribution >= 0.6 is 11.3 Å². The van der Waals surface area contributed by atoms with Crippen molar-refractivity contribution in [2.45, 2.75) is 38.9 Å². The number of nitrogens with zero attached hydrogens (tertiary/aromatic N) is 2. The van der Waals surface area contributed by atoms with Crippen LogP contribution < -0.4 is 4.87 Å². The van der Waals surface area contributed by atoms with E-state index in [0.29, 0.717) is 6.54 Å². The van der Waals surface area contributed by atoms with Gasteiger partial charge >= 0.3 is 4.87 Å². The molecule has 1 aromatic carbocycles. The van der Waals surface area contributed by atoms with Crippen molar-refractivity contribution >= 4 is 17.2 Å². The molecule has 0 atom stereocenters. The summed E-state index contributed by atoms with van der Waals surface area (Å²) in [6.07, 6.45) is 1.94. The summed E-state index contributed by atoms with van der Waals surface area (Å²) in [5.41, 5.74) is 1.57. The first kappa shape index (κ1) is 15.0. The van der Waals surface area contributed by atoms with Crippen LogP contribution in [0.4, 0.5) is 4.39 Å². The SMILES string of the molecule is Cc1csc(=O)n1CC(=O)N(Cc1cccc(F)c1)C1CC1. The van der Waals surface area contributed by atoms with Gasteiger partial charge in [0, 0.05) is 23.7 Å². The van der Waals surface area contributed by atoms with Crippen LogP contribution in [0.3, 0.4) is 0 Å². The van der Waals surface area contributed by atoms with Gasteiger partial charge in [0.2, 0.25) is 5.91 Å². The maximum absolute atomic E-state index is 13.3. The van der Waals surface area contributed by atoms with Gasteiger partial charge < -0.3 is 4.90 Å². The molecule has 0 aliphatic heterocycles. The van der Waals surface area contributed by atoms with E-state index in [1.165, 1.54) is 16.7 Å². The molecular weight excluding hydrogens is 303 g/mol. The van der Waals surface area contributed by atoms with Crippen LogP contribution in [0.15, 0.2) is 34.4 Å². The molecule has 1 saturated carbocycles. The molecule has 0 bridgehead atoms. The summed E-state index contributed by atoms with van der Waals surface area (Å²) in [6.45, 7) is 2.26. The van der Waals surface area contributed by atoms with E-state index >= 15 is 0 Å². The first-order valence-electron chi connectivity index (χ1n) is 7.23. The highest BCUT2D eigenvalue weighted by atomic mass is 32.1. The van der Waals surface area contributed by atoms with Gasteiger partial charge in [-0.2, -0.15) is 0 Å². The summed E-state index contributed by atoms with van der Waals surface area (Å²) >= 11 is 1.10. The van der Waals surface area contributed by atoms with E-state index in [4.69, 9.17) is 0 Å². The number of aromatic nitrogens is 1. The van der Waals surface area contributed by atoms with Crippen molar-refractivity contribution in [3.8, 4) is 0 Å². The Morgan fingerprint density at radius 1 is 1.45 bits per heavy atom. The van der Waals surface area contributed by atoms with Crippen molar-refractivity contribution in [1.29, 1.82) is 0 Å². The Kier molecular flexibility index (Phi) is 4.11. The Bertz CT molecular complexity index is 749. The van der Waals surface area contributed by atoms with Gasteiger partial charge in [-0.1, -0.05) is 23.5 Å². The molecule has 116 valence electrons. The van der Waals surface area contributed by atoms with Gasteiger partial charge in [0.15, 0.2) is 0 Å². The molecule has 3 rings (SSSR count). The molecule has 2 aromatic rings. The van der Waals surface area contributed by atoms with Crippen LogP contribution in [-0.4, -0.2) is 21.4 Å². The number of amides is 1. The van der Waals surface area contributed by atoms with Crippen LogP contribution in [0, 0.1) is 12.7 Å². The highest BCUT2D eigenvalue weighted by Crippen LogP contribution is 2.28. The number of carbonyl (C=O) groups excluding carboxylic acids is 1. The molecule has 4 nitrogen and oxygen atoms in total. The van der Waals surface area contributed by atoms with Crippen molar-refractivity contribution < 1.29 is 9.18 Å². The van der Waals surface area contributed by atoms with Crippen LogP contribution in [-0.2, 0) is 17.9 Å². The highest BCUT2D eigenvalue weighted by molar-refractivity contribution is 7.07. The molecule has 1 amide bonds. The van der Waals surface area contributed by atoms with Crippen LogP contribution in [0.1, 0.15) is 24.1 Å². The van der Waals surface area contributed by atoms with E-state index in [1.807, 2.05) is 13.0 Å². The van der Waals surface area contributed by atoms with Crippen molar-refractivity contribution in [1.82, 2.24) is 9.47 Å². The fourth-order valence-corrected chi connectivity index (χ4v) is 3.20. The van der Waals surface area contributed by atoms with Gasteiger partial charge in [-0.15, -0.1) is 0 Å². The smallest absolute Gasteiger partial charge is 0.307 e.